The number of fused-ring (bicyclic) bond motifs is 5. The zero-order chi connectivity index (χ0) is 30.9. The van der Waals surface area contributed by atoms with Gasteiger partial charge in [0.05, 0.1) is 17.4 Å². The number of anilines is 2. The minimum absolute atomic E-state index is 0.451. The second-order valence-electron chi connectivity index (χ2n) is 11.5. The van der Waals surface area contributed by atoms with E-state index >= 15 is 0 Å². The third kappa shape index (κ3) is 5.11. The number of nitrogens with zero attached hydrogens (tertiary/aromatic N) is 2. The van der Waals surface area contributed by atoms with Crippen LogP contribution in [0.5, 0.6) is 0 Å². The van der Waals surface area contributed by atoms with Gasteiger partial charge >= 0.3 is 0 Å². The second kappa shape index (κ2) is 11.8. The van der Waals surface area contributed by atoms with Crippen LogP contribution in [0.2, 0.25) is 0 Å². The van der Waals surface area contributed by atoms with E-state index in [-0.39, 0.29) is 0 Å². The number of rotatable bonds is 7. The van der Waals surface area contributed by atoms with Gasteiger partial charge in [0.15, 0.2) is 0 Å². The van der Waals surface area contributed by atoms with Crippen molar-refractivity contribution < 1.29 is 0 Å². The molecule has 220 valence electrons. The average molecular weight is 593 g/mol. The SMILES string of the molecule is NC(/N=C/n1c2ccc(-c3ccc(Nc4ccccc4)c(-c4ccccc4)c3)cc2c2c3ccccc3ccc21)c1ccccc1. The Morgan fingerprint density at radius 3 is 2.02 bits per heavy atom. The highest BCUT2D eigenvalue weighted by molar-refractivity contribution is 6.23. The first-order valence-corrected chi connectivity index (χ1v) is 15.5. The fourth-order valence-corrected chi connectivity index (χ4v) is 6.37. The number of benzene rings is 7. The Morgan fingerprint density at radius 2 is 1.22 bits per heavy atom. The van der Waals surface area contributed by atoms with E-state index in [1.807, 2.05) is 54.9 Å². The monoisotopic (exact) mass is 592 g/mol. The van der Waals surface area contributed by atoms with Crippen LogP contribution in [0, 0.1) is 0 Å². The number of aliphatic imine (C=N–C) groups is 1. The second-order valence-corrected chi connectivity index (χ2v) is 11.5. The van der Waals surface area contributed by atoms with E-state index in [9.17, 15) is 0 Å². The number of para-hydroxylation sites is 1. The van der Waals surface area contributed by atoms with Crippen molar-refractivity contribution in [1.82, 2.24) is 4.57 Å². The van der Waals surface area contributed by atoms with Crippen molar-refractivity contribution in [3.8, 4) is 22.3 Å². The Morgan fingerprint density at radius 1 is 0.565 bits per heavy atom. The number of hydrogen-bond acceptors (Lipinski definition) is 3. The lowest BCUT2D eigenvalue weighted by molar-refractivity contribution is 0.776. The normalized spacial score (nSPS) is 12.3. The summed E-state index contributed by atoms with van der Waals surface area (Å²) in [5.41, 5.74) is 16.4. The molecule has 8 rings (SSSR count). The Kier molecular flexibility index (Phi) is 7.10. The Hall–Kier alpha value is -5.97. The topological polar surface area (TPSA) is 55.3 Å². The van der Waals surface area contributed by atoms with Crippen molar-refractivity contribution in [2.45, 2.75) is 6.17 Å². The molecule has 1 unspecified atom stereocenters. The van der Waals surface area contributed by atoms with Gasteiger partial charge in [-0.1, -0.05) is 121 Å². The molecule has 0 saturated heterocycles. The van der Waals surface area contributed by atoms with Crippen LogP contribution in [-0.4, -0.2) is 10.9 Å². The van der Waals surface area contributed by atoms with Gasteiger partial charge < -0.3 is 15.6 Å². The van der Waals surface area contributed by atoms with E-state index in [0.717, 1.165) is 50.2 Å². The predicted octanol–water partition coefficient (Wildman–Crippen LogP) is 10.6. The van der Waals surface area contributed by atoms with Crippen molar-refractivity contribution in [1.29, 1.82) is 0 Å². The van der Waals surface area contributed by atoms with Gasteiger partial charge in [0.2, 0.25) is 0 Å². The molecule has 0 spiro atoms. The van der Waals surface area contributed by atoms with E-state index in [1.165, 1.54) is 21.5 Å². The molecule has 46 heavy (non-hydrogen) atoms. The Balaban J connectivity index is 1.29. The summed E-state index contributed by atoms with van der Waals surface area (Å²) in [7, 11) is 0. The van der Waals surface area contributed by atoms with Crippen LogP contribution in [0.15, 0.2) is 169 Å². The summed E-state index contributed by atoms with van der Waals surface area (Å²) < 4.78 is 2.17. The summed E-state index contributed by atoms with van der Waals surface area (Å²) in [4.78, 5) is 4.80. The van der Waals surface area contributed by atoms with Crippen LogP contribution in [0.25, 0.3) is 54.8 Å². The molecule has 0 bridgehead atoms. The summed E-state index contributed by atoms with van der Waals surface area (Å²) in [6.07, 6.45) is 1.43. The molecule has 3 N–H and O–H groups in total. The number of nitrogens with one attached hydrogen (secondary N) is 1. The summed E-state index contributed by atoms with van der Waals surface area (Å²) >= 11 is 0. The molecule has 0 fully saturated rings. The molecule has 1 heterocycles. The lowest BCUT2D eigenvalue weighted by Gasteiger charge is -2.15. The van der Waals surface area contributed by atoms with Crippen LogP contribution in [-0.2, 0) is 0 Å². The third-order valence-corrected chi connectivity index (χ3v) is 8.67. The molecule has 0 aliphatic heterocycles. The number of aromatic nitrogens is 1. The highest BCUT2D eigenvalue weighted by Crippen LogP contribution is 2.39. The average Bonchev–Trinajstić information content (AvgIpc) is 3.45. The van der Waals surface area contributed by atoms with E-state index in [4.69, 9.17) is 10.7 Å². The van der Waals surface area contributed by atoms with Crippen molar-refractivity contribution in [3.63, 3.8) is 0 Å². The molecule has 1 atom stereocenters. The summed E-state index contributed by atoms with van der Waals surface area (Å²) in [5.74, 6) is 0. The lowest BCUT2D eigenvalue weighted by atomic mass is 9.95. The van der Waals surface area contributed by atoms with E-state index in [1.54, 1.807) is 0 Å². The highest BCUT2D eigenvalue weighted by atomic mass is 15.1. The first kappa shape index (κ1) is 27.6. The molecule has 7 aromatic carbocycles. The first-order chi connectivity index (χ1) is 22.7. The van der Waals surface area contributed by atoms with E-state index in [0.29, 0.717) is 0 Å². The zero-order valence-corrected chi connectivity index (χ0v) is 25.2. The fraction of sp³-hybridized carbons (Fsp3) is 0.0238. The lowest BCUT2D eigenvalue weighted by Crippen LogP contribution is -2.09. The van der Waals surface area contributed by atoms with Gasteiger partial charge in [-0.15, -0.1) is 0 Å². The molecule has 0 radical (unpaired) electrons. The van der Waals surface area contributed by atoms with Crippen LogP contribution in [0.3, 0.4) is 0 Å². The Labute approximate surface area is 268 Å². The van der Waals surface area contributed by atoms with Crippen molar-refractivity contribution in [2.24, 2.45) is 10.7 Å². The standard InChI is InChI=1S/C42H32N4/c43-42(31-15-6-2-7-16-31)44-28-46-39-24-22-33(27-37(39)41-35-19-11-10-14-30(35)21-25-40(41)46)32-20-23-38(45-34-17-8-3-9-18-34)36(26-32)29-12-4-1-5-13-29/h1-28,42,45H,43H2/b44-28+. The molecule has 0 saturated carbocycles. The minimum Gasteiger partial charge on any atom is -0.355 e. The molecular weight excluding hydrogens is 560 g/mol. The van der Waals surface area contributed by atoms with Gasteiger partial charge in [0, 0.05) is 27.7 Å². The van der Waals surface area contributed by atoms with Crippen molar-refractivity contribution in [2.75, 3.05) is 5.32 Å². The van der Waals surface area contributed by atoms with Crippen molar-refractivity contribution >= 4 is 50.3 Å². The maximum atomic E-state index is 6.50. The van der Waals surface area contributed by atoms with Gasteiger partial charge in [0.25, 0.3) is 0 Å². The third-order valence-electron chi connectivity index (χ3n) is 8.67. The fourth-order valence-electron chi connectivity index (χ4n) is 6.37. The maximum absolute atomic E-state index is 6.50. The van der Waals surface area contributed by atoms with Gasteiger partial charge in [-0.25, -0.2) is 0 Å². The van der Waals surface area contributed by atoms with Crippen LogP contribution < -0.4 is 11.1 Å². The van der Waals surface area contributed by atoms with E-state index in [2.05, 4.69) is 125 Å². The quantitative estimate of drug-likeness (QED) is 0.143. The predicted molar refractivity (Wildman–Crippen MR) is 195 cm³/mol. The van der Waals surface area contributed by atoms with Crippen LogP contribution in [0.4, 0.5) is 11.4 Å². The van der Waals surface area contributed by atoms with Gasteiger partial charge in [-0.2, -0.15) is 0 Å². The molecule has 1 aromatic heterocycles. The van der Waals surface area contributed by atoms with Gasteiger partial charge in [-0.05, 0) is 75.5 Å². The van der Waals surface area contributed by atoms with Gasteiger partial charge in [-0.3, -0.25) is 4.99 Å². The first-order valence-electron chi connectivity index (χ1n) is 15.5. The van der Waals surface area contributed by atoms with Crippen LogP contribution in [0.1, 0.15) is 11.7 Å². The molecule has 0 amide bonds. The summed E-state index contributed by atoms with van der Waals surface area (Å²) in [5, 5.41) is 8.45. The van der Waals surface area contributed by atoms with Crippen molar-refractivity contribution in [3.05, 3.63) is 169 Å². The van der Waals surface area contributed by atoms with Crippen LogP contribution >= 0.6 is 0 Å². The molecule has 4 nitrogen and oxygen atoms in total. The molecule has 0 aliphatic carbocycles. The number of hydrogen-bond donors (Lipinski definition) is 2. The molecule has 8 aromatic rings. The molecule has 0 aliphatic rings. The zero-order valence-electron chi connectivity index (χ0n) is 25.2. The minimum atomic E-state index is -0.451. The Bertz CT molecular complexity index is 2340. The molecular formula is C42H32N4. The summed E-state index contributed by atoms with van der Waals surface area (Å²) in [6, 6.07) is 57.2. The highest BCUT2D eigenvalue weighted by Gasteiger charge is 2.15. The smallest absolute Gasteiger partial charge is 0.124 e. The molecule has 4 heteroatoms. The summed E-state index contributed by atoms with van der Waals surface area (Å²) in [6.45, 7) is 0. The van der Waals surface area contributed by atoms with Gasteiger partial charge in [0.1, 0.15) is 6.17 Å². The largest absolute Gasteiger partial charge is 0.355 e. The maximum Gasteiger partial charge on any atom is 0.124 e. The van der Waals surface area contributed by atoms with E-state index < -0.39 is 6.17 Å². The number of nitrogens with two attached hydrogens (primary N) is 1.